The summed E-state index contributed by atoms with van der Waals surface area (Å²) in [4.78, 5) is 26.6. The van der Waals surface area contributed by atoms with Gasteiger partial charge in [0.25, 0.3) is 0 Å². The first kappa shape index (κ1) is 22.3. The van der Waals surface area contributed by atoms with Gasteiger partial charge in [0.1, 0.15) is 5.75 Å². The average Bonchev–Trinajstić information content (AvgIpc) is 3.08. The normalized spacial score (nSPS) is 16.5. The summed E-state index contributed by atoms with van der Waals surface area (Å²) in [5, 5.41) is 3.02. The summed E-state index contributed by atoms with van der Waals surface area (Å²) in [7, 11) is 1.60. The third-order valence-corrected chi connectivity index (χ3v) is 5.45. The standard InChI is InChI=1S/C23H36N2O3/c1-4-5-6-7-8-9-10-11-14-24-23(27)19-16-22(26)25(17-19)20-15-18(2)12-13-21(20)28-3/h12-13,15,19H,4-11,14,16-17H2,1-3H3,(H,24,27). The molecule has 0 bridgehead atoms. The minimum atomic E-state index is -0.285. The van der Waals surface area contributed by atoms with Gasteiger partial charge in [0.05, 0.1) is 18.7 Å². The topological polar surface area (TPSA) is 58.6 Å². The molecule has 1 aromatic rings. The Morgan fingerprint density at radius 3 is 2.50 bits per heavy atom. The van der Waals surface area contributed by atoms with E-state index in [2.05, 4.69) is 12.2 Å². The number of carbonyl (C=O) groups is 2. The molecular formula is C23H36N2O3. The second-order valence-electron chi connectivity index (χ2n) is 7.85. The average molecular weight is 389 g/mol. The summed E-state index contributed by atoms with van der Waals surface area (Å²) >= 11 is 0. The van der Waals surface area contributed by atoms with Crippen molar-refractivity contribution >= 4 is 17.5 Å². The molecule has 1 aliphatic rings. The number of amides is 2. The smallest absolute Gasteiger partial charge is 0.227 e. The van der Waals surface area contributed by atoms with E-state index in [1.165, 1.54) is 38.5 Å². The van der Waals surface area contributed by atoms with Crippen LogP contribution in [0.2, 0.25) is 0 Å². The summed E-state index contributed by atoms with van der Waals surface area (Å²) in [5.41, 5.74) is 1.82. The first-order chi connectivity index (χ1) is 13.6. The number of methoxy groups -OCH3 is 1. The molecule has 0 aromatic heterocycles. The Hall–Kier alpha value is -2.04. The number of unbranched alkanes of at least 4 members (excludes halogenated alkanes) is 7. The Labute approximate surface area is 169 Å². The maximum Gasteiger partial charge on any atom is 0.227 e. The van der Waals surface area contributed by atoms with Crippen molar-refractivity contribution in [3.63, 3.8) is 0 Å². The lowest BCUT2D eigenvalue weighted by Gasteiger charge is -2.20. The van der Waals surface area contributed by atoms with Crippen LogP contribution in [0.3, 0.4) is 0 Å². The highest BCUT2D eigenvalue weighted by Gasteiger charge is 2.36. The van der Waals surface area contributed by atoms with E-state index < -0.39 is 0 Å². The molecule has 28 heavy (non-hydrogen) atoms. The van der Waals surface area contributed by atoms with Gasteiger partial charge in [-0.3, -0.25) is 9.59 Å². The van der Waals surface area contributed by atoms with E-state index in [-0.39, 0.29) is 24.2 Å². The molecule has 1 aromatic carbocycles. The van der Waals surface area contributed by atoms with Gasteiger partial charge in [-0.1, -0.05) is 57.9 Å². The van der Waals surface area contributed by atoms with Crippen LogP contribution in [0.1, 0.15) is 70.3 Å². The molecule has 1 fully saturated rings. The van der Waals surface area contributed by atoms with Gasteiger partial charge in [-0.25, -0.2) is 0 Å². The fourth-order valence-electron chi connectivity index (χ4n) is 3.74. The predicted octanol–water partition coefficient (Wildman–Crippen LogP) is 4.61. The Bertz CT molecular complexity index is 645. The number of hydrogen-bond donors (Lipinski definition) is 1. The molecular weight excluding hydrogens is 352 g/mol. The van der Waals surface area contributed by atoms with Crippen LogP contribution < -0.4 is 15.0 Å². The lowest BCUT2D eigenvalue weighted by Crippen LogP contribution is -2.33. The monoisotopic (exact) mass is 388 g/mol. The third-order valence-electron chi connectivity index (χ3n) is 5.45. The molecule has 1 N–H and O–H groups in total. The zero-order valence-corrected chi connectivity index (χ0v) is 17.8. The molecule has 2 amide bonds. The number of rotatable bonds is 12. The fraction of sp³-hybridized carbons (Fsp3) is 0.652. The molecule has 1 aliphatic heterocycles. The second-order valence-corrected chi connectivity index (χ2v) is 7.85. The van der Waals surface area contributed by atoms with E-state index in [1.807, 2.05) is 25.1 Å². The van der Waals surface area contributed by atoms with Crippen LogP contribution in [0.4, 0.5) is 5.69 Å². The Balaban J connectivity index is 1.73. The zero-order chi connectivity index (χ0) is 20.4. The largest absolute Gasteiger partial charge is 0.495 e. The quantitative estimate of drug-likeness (QED) is 0.532. The molecule has 5 heteroatoms. The lowest BCUT2D eigenvalue weighted by atomic mass is 10.1. The third kappa shape index (κ3) is 6.54. The molecule has 1 atom stereocenters. The molecule has 0 aliphatic carbocycles. The Kier molecular flexibility index (Phi) is 9.32. The molecule has 1 heterocycles. The number of carbonyl (C=O) groups excluding carboxylic acids is 2. The van der Waals surface area contributed by atoms with Gasteiger partial charge in [0.2, 0.25) is 11.8 Å². The number of nitrogens with zero attached hydrogens (tertiary/aromatic N) is 1. The van der Waals surface area contributed by atoms with Gasteiger partial charge in [-0.15, -0.1) is 0 Å². The summed E-state index contributed by atoms with van der Waals surface area (Å²) in [6.07, 6.45) is 10.2. The van der Waals surface area contributed by atoms with Crippen molar-refractivity contribution in [1.82, 2.24) is 5.32 Å². The van der Waals surface area contributed by atoms with Gasteiger partial charge in [-0.05, 0) is 31.0 Å². The molecule has 0 radical (unpaired) electrons. The van der Waals surface area contributed by atoms with Crippen LogP contribution in [0.15, 0.2) is 18.2 Å². The minimum absolute atomic E-state index is 0.00887. The van der Waals surface area contributed by atoms with Gasteiger partial charge in [0, 0.05) is 19.5 Å². The SMILES string of the molecule is CCCCCCCCCCNC(=O)C1CC(=O)N(c2cc(C)ccc2OC)C1. The molecule has 1 unspecified atom stereocenters. The van der Waals surface area contributed by atoms with E-state index in [4.69, 9.17) is 4.74 Å². The van der Waals surface area contributed by atoms with Crippen molar-refractivity contribution in [2.45, 2.75) is 71.6 Å². The van der Waals surface area contributed by atoms with Crippen LogP contribution in [-0.4, -0.2) is 32.0 Å². The van der Waals surface area contributed by atoms with Crippen molar-refractivity contribution in [3.05, 3.63) is 23.8 Å². The van der Waals surface area contributed by atoms with Gasteiger partial charge < -0.3 is 15.0 Å². The maximum absolute atomic E-state index is 12.5. The first-order valence-corrected chi connectivity index (χ1v) is 10.8. The van der Waals surface area contributed by atoms with Crippen molar-refractivity contribution in [3.8, 4) is 5.75 Å². The highest BCUT2D eigenvalue weighted by Crippen LogP contribution is 2.33. The van der Waals surface area contributed by atoms with Gasteiger partial charge in [-0.2, -0.15) is 0 Å². The number of hydrogen-bond acceptors (Lipinski definition) is 3. The lowest BCUT2D eigenvalue weighted by molar-refractivity contribution is -0.126. The van der Waals surface area contributed by atoms with Crippen LogP contribution in [0.5, 0.6) is 5.75 Å². The Morgan fingerprint density at radius 1 is 1.14 bits per heavy atom. The van der Waals surface area contributed by atoms with Crippen LogP contribution in [0.25, 0.3) is 0 Å². The molecule has 0 saturated carbocycles. The van der Waals surface area contributed by atoms with E-state index in [9.17, 15) is 9.59 Å². The zero-order valence-electron chi connectivity index (χ0n) is 17.8. The maximum atomic E-state index is 12.5. The first-order valence-electron chi connectivity index (χ1n) is 10.8. The molecule has 156 valence electrons. The number of benzene rings is 1. The van der Waals surface area contributed by atoms with Crippen LogP contribution in [-0.2, 0) is 9.59 Å². The number of aryl methyl sites for hydroxylation is 1. The molecule has 1 saturated heterocycles. The van der Waals surface area contributed by atoms with E-state index in [0.717, 1.165) is 24.1 Å². The number of ether oxygens (including phenoxy) is 1. The fourth-order valence-corrected chi connectivity index (χ4v) is 3.74. The summed E-state index contributed by atoms with van der Waals surface area (Å²) in [5.74, 6) is 0.354. The predicted molar refractivity (Wildman–Crippen MR) is 114 cm³/mol. The Morgan fingerprint density at radius 2 is 1.82 bits per heavy atom. The van der Waals surface area contributed by atoms with Gasteiger partial charge >= 0.3 is 0 Å². The summed E-state index contributed by atoms with van der Waals surface area (Å²) < 4.78 is 5.40. The second kappa shape index (κ2) is 11.7. The van der Waals surface area contributed by atoms with E-state index in [0.29, 0.717) is 18.8 Å². The van der Waals surface area contributed by atoms with Crippen molar-refractivity contribution < 1.29 is 14.3 Å². The van der Waals surface area contributed by atoms with Crippen molar-refractivity contribution in [2.24, 2.45) is 5.92 Å². The van der Waals surface area contributed by atoms with Gasteiger partial charge in [0.15, 0.2) is 0 Å². The molecule has 5 nitrogen and oxygen atoms in total. The molecule has 0 spiro atoms. The minimum Gasteiger partial charge on any atom is -0.495 e. The van der Waals surface area contributed by atoms with Crippen LogP contribution >= 0.6 is 0 Å². The van der Waals surface area contributed by atoms with E-state index >= 15 is 0 Å². The molecule has 2 rings (SSSR count). The highest BCUT2D eigenvalue weighted by molar-refractivity contribution is 6.01. The van der Waals surface area contributed by atoms with Crippen molar-refractivity contribution in [2.75, 3.05) is 25.1 Å². The summed E-state index contributed by atoms with van der Waals surface area (Å²) in [6, 6.07) is 5.77. The highest BCUT2D eigenvalue weighted by atomic mass is 16.5. The van der Waals surface area contributed by atoms with Crippen LogP contribution in [0, 0.1) is 12.8 Å². The number of anilines is 1. The van der Waals surface area contributed by atoms with E-state index in [1.54, 1.807) is 12.0 Å². The van der Waals surface area contributed by atoms with Crippen molar-refractivity contribution in [1.29, 1.82) is 0 Å². The summed E-state index contributed by atoms with van der Waals surface area (Å²) in [6.45, 7) is 5.34. The number of nitrogens with one attached hydrogen (secondary N) is 1.